The van der Waals surface area contributed by atoms with E-state index < -0.39 is 35.6 Å². The Morgan fingerprint density at radius 1 is 1.24 bits per heavy atom. The lowest BCUT2D eigenvalue weighted by Gasteiger charge is -2.20. The lowest BCUT2D eigenvalue weighted by Crippen LogP contribution is -2.49. The first-order chi connectivity index (χ1) is 9.53. The maximum Gasteiger partial charge on any atom is 0.407 e. The van der Waals surface area contributed by atoms with Crippen molar-refractivity contribution in [2.45, 2.75) is 58.2 Å². The summed E-state index contributed by atoms with van der Waals surface area (Å²) in [4.78, 5) is 33.8. The summed E-state index contributed by atoms with van der Waals surface area (Å²) in [6, 6.07) is -1.52. The molecule has 8 heteroatoms. The maximum absolute atomic E-state index is 11.6. The van der Waals surface area contributed by atoms with Crippen LogP contribution in [-0.4, -0.2) is 42.1 Å². The van der Waals surface area contributed by atoms with Gasteiger partial charge in [0, 0.05) is 6.54 Å². The number of hydrogen-bond donors (Lipinski definition) is 4. The summed E-state index contributed by atoms with van der Waals surface area (Å²) >= 11 is 0. The lowest BCUT2D eigenvalue weighted by molar-refractivity contribution is -0.127. The van der Waals surface area contributed by atoms with E-state index >= 15 is 0 Å². The number of nitrogens with two attached hydrogens (primary N) is 2. The number of hydrogen-bond acceptors (Lipinski definition) is 5. The van der Waals surface area contributed by atoms with E-state index in [0.29, 0.717) is 19.4 Å². The molecule has 0 radical (unpaired) electrons. The van der Waals surface area contributed by atoms with Crippen molar-refractivity contribution >= 4 is 17.9 Å². The van der Waals surface area contributed by atoms with Crippen molar-refractivity contribution in [3.8, 4) is 0 Å². The molecule has 0 saturated carbocycles. The van der Waals surface area contributed by atoms with E-state index in [0.717, 1.165) is 0 Å². The topological polar surface area (TPSA) is 137 Å². The Balaban J connectivity index is 3.89. The molecule has 21 heavy (non-hydrogen) atoms. The van der Waals surface area contributed by atoms with E-state index in [2.05, 4.69) is 10.6 Å². The number of rotatable bonds is 7. The minimum atomic E-state index is -0.761. The second kappa shape index (κ2) is 8.46. The third-order valence-corrected chi connectivity index (χ3v) is 2.48. The average Bonchev–Trinajstić information content (AvgIpc) is 2.31. The first-order valence-corrected chi connectivity index (χ1v) is 6.85. The molecule has 0 spiro atoms. The average molecular weight is 302 g/mol. The van der Waals surface area contributed by atoms with Gasteiger partial charge in [-0.1, -0.05) is 0 Å². The summed E-state index contributed by atoms with van der Waals surface area (Å²) in [5.41, 5.74) is 10.2. The second-order valence-electron chi connectivity index (χ2n) is 5.81. The van der Waals surface area contributed by atoms with Gasteiger partial charge in [0.15, 0.2) is 0 Å². The van der Waals surface area contributed by atoms with Crippen molar-refractivity contribution in [1.29, 1.82) is 0 Å². The van der Waals surface area contributed by atoms with Crippen molar-refractivity contribution in [2.75, 3.05) is 6.54 Å². The van der Waals surface area contributed by atoms with Gasteiger partial charge < -0.3 is 26.8 Å². The van der Waals surface area contributed by atoms with Crippen molar-refractivity contribution in [3.63, 3.8) is 0 Å². The summed E-state index contributed by atoms with van der Waals surface area (Å²) in [5.74, 6) is -1.07. The Morgan fingerprint density at radius 2 is 1.81 bits per heavy atom. The first-order valence-electron chi connectivity index (χ1n) is 6.85. The van der Waals surface area contributed by atoms with E-state index in [4.69, 9.17) is 16.2 Å². The van der Waals surface area contributed by atoms with Gasteiger partial charge in [-0.05, 0) is 40.5 Å². The minimum absolute atomic E-state index is 0.348. The standard InChI is InChI=1S/C13H26N4O4/c1-8(10(15)18)17-11(19)9(14)6-5-7-16-12(20)21-13(2,3)4/h8-9H,5-7,14H2,1-4H3,(H2,15,18)(H,16,20)(H,17,19)/t8-,9-/m0/s1. The number of alkyl carbamates (subject to hydrolysis) is 1. The molecule has 3 amide bonds. The Kier molecular flexibility index (Phi) is 7.72. The van der Waals surface area contributed by atoms with Gasteiger partial charge in [-0.3, -0.25) is 9.59 Å². The van der Waals surface area contributed by atoms with Gasteiger partial charge in [0.1, 0.15) is 11.6 Å². The number of amides is 3. The van der Waals surface area contributed by atoms with Crippen LogP contribution >= 0.6 is 0 Å². The van der Waals surface area contributed by atoms with Crippen molar-refractivity contribution in [1.82, 2.24) is 10.6 Å². The molecule has 0 aromatic heterocycles. The van der Waals surface area contributed by atoms with E-state index in [9.17, 15) is 14.4 Å². The molecule has 0 aromatic rings. The smallest absolute Gasteiger partial charge is 0.407 e. The van der Waals surface area contributed by atoms with Crippen LogP contribution in [0.5, 0.6) is 0 Å². The fourth-order valence-electron chi connectivity index (χ4n) is 1.35. The summed E-state index contributed by atoms with van der Waals surface area (Å²) in [7, 11) is 0. The highest BCUT2D eigenvalue weighted by molar-refractivity contribution is 5.88. The van der Waals surface area contributed by atoms with E-state index in [1.54, 1.807) is 20.8 Å². The number of carbonyl (C=O) groups excluding carboxylic acids is 3. The van der Waals surface area contributed by atoms with Crippen LogP contribution in [0.2, 0.25) is 0 Å². The molecule has 0 saturated heterocycles. The normalized spacial score (nSPS) is 14.0. The van der Waals surface area contributed by atoms with Crippen LogP contribution in [0.25, 0.3) is 0 Å². The lowest BCUT2D eigenvalue weighted by atomic mass is 10.1. The molecule has 0 aromatic carbocycles. The molecule has 0 aliphatic heterocycles. The van der Waals surface area contributed by atoms with Crippen LogP contribution in [-0.2, 0) is 14.3 Å². The van der Waals surface area contributed by atoms with Gasteiger partial charge in [-0.15, -0.1) is 0 Å². The monoisotopic (exact) mass is 302 g/mol. The van der Waals surface area contributed by atoms with Crippen molar-refractivity contribution in [3.05, 3.63) is 0 Å². The summed E-state index contributed by atoms with van der Waals surface area (Å²) in [6.07, 6.45) is 0.370. The van der Waals surface area contributed by atoms with Crippen LogP contribution < -0.4 is 22.1 Å². The van der Waals surface area contributed by atoms with Crippen LogP contribution in [0.4, 0.5) is 4.79 Å². The Morgan fingerprint density at radius 3 is 2.29 bits per heavy atom. The zero-order chi connectivity index (χ0) is 16.6. The van der Waals surface area contributed by atoms with Gasteiger partial charge in [0.05, 0.1) is 6.04 Å². The molecule has 0 unspecified atom stereocenters. The highest BCUT2D eigenvalue weighted by Gasteiger charge is 2.18. The van der Waals surface area contributed by atoms with Crippen molar-refractivity contribution in [2.24, 2.45) is 11.5 Å². The highest BCUT2D eigenvalue weighted by Crippen LogP contribution is 2.06. The number of primary amides is 1. The Bertz CT molecular complexity index is 379. The van der Waals surface area contributed by atoms with E-state index in [1.165, 1.54) is 6.92 Å². The van der Waals surface area contributed by atoms with Gasteiger partial charge in [-0.2, -0.15) is 0 Å². The predicted molar refractivity (Wildman–Crippen MR) is 78.2 cm³/mol. The molecule has 0 heterocycles. The number of carbonyl (C=O) groups is 3. The van der Waals surface area contributed by atoms with Crippen molar-refractivity contribution < 1.29 is 19.1 Å². The Labute approximate surface area is 124 Å². The fraction of sp³-hybridized carbons (Fsp3) is 0.769. The summed E-state index contributed by atoms with van der Waals surface area (Å²) in [5, 5.41) is 4.98. The third kappa shape index (κ3) is 9.67. The second-order valence-corrected chi connectivity index (χ2v) is 5.81. The summed E-state index contributed by atoms with van der Waals surface area (Å²) < 4.78 is 5.06. The van der Waals surface area contributed by atoms with Gasteiger partial charge in [0.25, 0.3) is 0 Å². The number of nitrogens with one attached hydrogen (secondary N) is 2. The molecule has 8 nitrogen and oxygen atoms in total. The first kappa shape index (κ1) is 19.2. The molecule has 0 bridgehead atoms. The van der Waals surface area contributed by atoms with Crippen LogP contribution in [0, 0.1) is 0 Å². The summed E-state index contributed by atoms with van der Waals surface area (Å²) in [6.45, 7) is 7.14. The molecule has 2 atom stereocenters. The maximum atomic E-state index is 11.6. The molecule has 122 valence electrons. The largest absolute Gasteiger partial charge is 0.444 e. The molecule has 6 N–H and O–H groups in total. The third-order valence-electron chi connectivity index (χ3n) is 2.48. The SMILES string of the molecule is C[C@H](NC(=O)[C@@H](N)CCCNC(=O)OC(C)(C)C)C(N)=O. The quantitative estimate of drug-likeness (QED) is 0.475. The predicted octanol–water partition coefficient (Wildman–Crippen LogP) is -0.391. The van der Waals surface area contributed by atoms with Gasteiger partial charge >= 0.3 is 6.09 Å². The zero-order valence-corrected chi connectivity index (χ0v) is 13.1. The minimum Gasteiger partial charge on any atom is -0.444 e. The molecule has 0 rings (SSSR count). The van der Waals surface area contributed by atoms with Crippen LogP contribution in [0.3, 0.4) is 0 Å². The van der Waals surface area contributed by atoms with Gasteiger partial charge in [-0.25, -0.2) is 4.79 Å². The fourth-order valence-corrected chi connectivity index (χ4v) is 1.35. The van der Waals surface area contributed by atoms with Crippen LogP contribution in [0.1, 0.15) is 40.5 Å². The molecular weight excluding hydrogens is 276 g/mol. The molecule has 0 aliphatic rings. The molecular formula is C13H26N4O4. The zero-order valence-electron chi connectivity index (χ0n) is 13.1. The number of ether oxygens (including phenoxy) is 1. The Hall–Kier alpha value is -1.83. The van der Waals surface area contributed by atoms with E-state index in [-0.39, 0.29) is 0 Å². The highest BCUT2D eigenvalue weighted by atomic mass is 16.6. The van der Waals surface area contributed by atoms with Crippen LogP contribution in [0.15, 0.2) is 0 Å². The van der Waals surface area contributed by atoms with E-state index in [1.807, 2.05) is 0 Å². The molecule has 0 fully saturated rings. The molecule has 0 aliphatic carbocycles. The van der Waals surface area contributed by atoms with Gasteiger partial charge in [0.2, 0.25) is 11.8 Å².